The quantitative estimate of drug-likeness (QED) is 0.600. The molecule has 0 bridgehead atoms. The molecule has 0 saturated carbocycles. The van der Waals surface area contributed by atoms with Gasteiger partial charge in [0, 0.05) is 10.5 Å². The third kappa shape index (κ3) is 5.38. The van der Waals surface area contributed by atoms with Crippen molar-refractivity contribution < 1.29 is 18.7 Å². The van der Waals surface area contributed by atoms with E-state index in [1.807, 2.05) is 25.1 Å². The molecule has 0 aliphatic heterocycles. The SMILES string of the molecule is Cc1ccc(/C=C/C(=O)OCC(=O)N[C@H](C)c2ccco2)c(Br)c1. The number of carbonyl (C=O) groups excluding carboxylic acids is 2. The van der Waals surface area contributed by atoms with Crippen LogP contribution in [-0.2, 0) is 14.3 Å². The number of ether oxygens (including phenoxy) is 1. The van der Waals surface area contributed by atoms with Gasteiger partial charge in [0.25, 0.3) is 5.91 Å². The molecule has 1 aromatic carbocycles. The number of esters is 1. The second-order valence-corrected chi connectivity index (χ2v) is 6.12. The van der Waals surface area contributed by atoms with Crippen molar-refractivity contribution >= 4 is 33.9 Å². The number of carbonyl (C=O) groups is 2. The van der Waals surface area contributed by atoms with Crippen LogP contribution in [0.1, 0.15) is 29.9 Å². The fourth-order valence-electron chi connectivity index (χ4n) is 2.00. The Balaban J connectivity index is 1.80. The summed E-state index contributed by atoms with van der Waals surface area (Å²) in [6.45, 7) is 3.42. The van der Waals surface area contributed by atoms with Gasteiger partial charge in [-0.05, 0) is 49.2 Å². The van der Waals surface area contributed by atoms with Gasteiger partial charge in [0.2, 0.25) is 0 Å². The molecule has 0 aliphatic rings. The summed E-state index contributed by atoms with van der Waals surface area (Å²) in [5.74, 6) is -0.334. The number of furan rings is 1. The summed E-state index contributed by atoms with van der Waals surface area (Å²) in [4.78, 5) is 23.4. The number of amides is 1. The molecule has 2 aromatic rings. The van der Waals surface area contributed by atoms with Gasteiger partial charge in [-0.15, -0.1) is 0 Å². The lowest BCUT2D eigenvalue weighted by atomic mass is 10.1. The van der Waals surface area contributed by atoms with E-state index in [2.05, 4.69) is 21.2 Å². The average molecular weight is 392 g/mol. The molecule has 0 saturated heterocycles. The smallest absolute Gasteiger partial charge is 0.331 e. The molecule has 1 atom stereocenters. The van der Waals surface area contributed by atoms with Gasteiger partial charge in [-0.2, -0.15) is 0 Å². The topological polar surface area (TPSA) is 68.5 Å². The van der Waals surface area contributed by atoms with Gasteiger partial charge < -0.3 is 14.5 Å². The minimum absolute atomic E-state index is 0.287. The van der Waals surface area contributed by atoms with Crippen LogP contribution in [0, 0.1) is 6.92 Å². The number of halogens is 1. The number of benzene rings is 1. The zero-order valence-electron chi connectivity index (χ0n) is 13.4. The van der Waals surface area contributed by atoms with Gasteiger partial charge in [0.05, 0.1) is 12.3 Å². The molecule has 1 N–H and O–H groups in total. The molecular weight excluding hydrogens is 374 g/mol. The maximum absolute atomic E-state index is 11.8. The van der Waals surface area contributed by atoms with E-state index in [0.717, 1.165) is 15.6 Å². The molecule has 5 nitrogen and oxygen atoms in total. The van der Waals surface area contributed by atoms with E-state index in [9.17, 15) is 9.59 Å². The highest BCUT2D eigenvalue weighted by Crippen LogP contribution is 2.19. The molecule has 126 valence electrons. The molecule has 0 radical (unpaired) electrons. The van der Waals surface area contributed by atoms with Crippen LogP contribution in [0.4, 0.5) is 0 Å². The minimum Gasteiger partial charge on any atom is -0.467 e. The van der Waals surface area contributed by atoms with Crippen LogP contribution in [-0.4, -0.2) is 18.5 Å². The molecule has 0 fully saturated rings. The Morgan fingerprint density at radius 2 is 2.17 bits per heavy atom. The van der Waals surface area contributed by atoms with Crippen molar-refractivity contribution in [3.8, 4) is 0 Å². The third-order valence-corrected chi connectivity index (χ3v) is 3.93. The summed E-state index contributed by atoms with van der Waals surface area (Å²) in [6.07, 6.45) is 4.46. The van der Waals surface area contributed by atoms with Gasteiger partial charge in [-0.1, -0.05) is 28.1 Å². The molecule has 0 aliphatic carbocycles. The summed E-state index contributed by atoms with van der Waals surface area (Å²) in [5, 5.41) is 2.69. The Labute approximate surface area is 148 Å². The Morgan fingerprint density at radius 1 is 1.38 bits per heavy atom. The van der Waals surface area contributed by atoms with Gasteiger partial charge >= 0.3 is 5.97 Å². The largest absolute Gasteiger partial charge is 0.467 e. The van der Waals surface area contributed by atoms with Crippen molar-refractivity contribution in [2.75, 3.05) is 6.61 Å². The zero-order chi connectivity index (χ0) is 17.5. The van der Waals surface area contributed by atoms with E-state index < -0.39 is 11.9 Å². The second-order valence-electron chi connectivity index (χ2n) is 5.27. The summed E-state index contributed by atoms with van der Waals surface area (Å²) in [6, 6.07) is 9.00. The van der Waals surface area contributed by atoms with Crippen LogP contribution in [0.25, 0.3) is 6.08 Å². The van der Waals surface area contributed by atoms with E-state index in [0.29, 0.717) is 5.76 Å². The van der Waals surface area contributed by atoms with Crippen molar-refractivity contribution in [2.45, 2.75) is 19.9 Å². The number of rotatable bonds is 6. The van der Waals surface area contributed by atoms with Gasteiger partial charge in [0.1, 0.15) is 5.76 Å². The molecule has 1 heterocycles. The Hall–Kier alpha value is -2.34. The van der Waals surface area contributed by atoms with E-state index in [1.54, 1.807) is 25.1 Å². The van der Waals surface area contributed by atoms with Crippen molar-refractivity contribution in [3.05, 3.63) is 64.0 Å². The number of aryl methyl sites for hydroxylation is 1. The average Bonchev–Trinajstić information content (AvgIpc) is 3.06. The van der Waals surface area contributed by atoms with E-state index >= 15 is 0 Å². The predicted molar refractivity (Wildman–Crippen MR) is 94.1 cm³/mol. The van der Waals surface area contributed by atoms with E-state index in [1.165, 1.54) is 12.3 Å². The normalized spacial score (nSPS) is 12.1. The number of hydrogen-bond donors (Lipinski definition) is 1. The fraction of sp³-hybridized carbons (Fsp3) is 0.222. The highest BCUT2D eigenvalue weighted by Gasteiger charge is 2.12. The number of hydrogen-bond acceptors (Lipinski definition) is 4. The maximum atomic E-state index is 11.8. The van der Waals surface area contributed by atoms with Crippen LogP contribution in [0.2, 0.25) is 0 Å². The first-order valence-electron chi connectivity index (χ1n) is 7.39. The second kappa shape index (κ2) is 8.49. The van der Waals surface area contributed by atoms with Crippen LogP contribution < -0.4 is 5.32 Å². The van der Waals surface area contributed by atoms with Crippen LogP contribution >= 0.6 is 15.9 Å². The lowest BCUT2D eigenvalue weighted by Crippen LogP contribution is -2.30. The summed E-state index contributed by atoms with van der Waals surface area (Å²) < 4.78 is 11.0. The summed E-state index contributed by atoms with van der Waals surface area (Å²) in [5.41, 5.74) is 1.97. The predicted octanol–water partition coefficient (Wildman–Crippen LogP) is 3.78. The first-order valence-corrected chi connectivity index (χ1v) is 8.19. The fourth-order valence-corrected chi connectivity index (χ4v) is 2.63. The first-order chi connectivity index (χ1) is 11.5. The third-order valence-electron chi connectivity index (χ3n) is 3.25. The maximum Gasteiger partial charge on any atom is 0.331 e. The van der Waals surface area contributed by atoms with Gasteiger partial charge in [-0.25, -0.2) is 4.79 Å². The van der Waals surface area contributed by atoms with Crippen molar-refractivity contribution in [1.29, 1.82) is 0 Å². The van der Waals surface area contributed by atoms with Gasteiger partial charge in [-0.3, -0.25) is 4.79 Å². The molecule has 1 aromatic heterocycles. The van der Waals surface area contributed by atoms with Crippen molar-refractivity contribution in [1.82, 2.24) is 5.32 Å². The Morgan fingerprint density at radius 3 is 2.83 bits per heavy atom. The molecule has 0 spiro atoms. The molecule has 0 unspecified atom stereocenters. The summed E-state index contributed by atoms with van der Waals surface area (Å²) in [7, 11) is 0. The summed E-state index contributed by atoms with van der Waals surface area (Å²) >= 11 is 3.43. The van der Waals surface area contributed by atoms with Crippen LogP contribution in [0.3, 0.4) is 0 Å². The van der Waals surface area contributed by atoms with Crippen molar-refractivity contribution in [2.24, 2.45) is 0 Å². The standard InChI is InChI=1S/C18H18BrNO4/c1-12-5-6-14(15(19)10-12)7-8-18(22)24-11-17(21)20-13(2)16-4-3-9-23-16/h3-10,13H,11H2,1-2H3,(H,20,21)/b8-7+/t13-/m1/s1. The van der Waals surface area contributed by atoms with Crippen LogP contribution in [0.5, 0.6) is 0 Å². The highest BCUT2D eigenvalue weighted by atomic mass is 79.9. The monoisotopic (exact) mass is 391 g/mol. The molecule has 1 amide bonds. The molecule has 2 rings (SSSR count). The van der Waals surface area contributed by atoms with Crippen molar-refractivity contribution in [3.63, 3.8) is 0 Å². The molecule has 6 heteroatoms. The minimum atomic E-state index is -0.580. The Kier molecular flexibility index (Phi) is 6.37. The van der Waals surface area contributed by atoms with E-state index in [-0.39, 0.29) is 12.6 Å². The Bertz CT molecular complexity index is 737. The van der Waals surface area contributed by atoms with E-state index in [4.69, 9.17) is 9.15 Å². The first kappa shape index (κ1) is 18.0. The lowest BCUT2D eigenvalue weighted by molar-refractivity contribution is -0.144. The molecular formula is C18H18BrNO4. The highest BCUT2D eigenvalue weighted by molar-refractivity contribution is 9.10. The zero-order valence-corrected chi connectivity index (χ0v) is 15.0. The number of nitrogens with one attached hydrogen (secondary N) is 1. The van der Waals surface area contributed by atoms with Gasteiger partial charge in [0.15, 0.2) is 6.61 Å². The lowest BCUT2D eigenvalue weighted by Gasteiger charge is -2.11. The molecule has 24 heavy (non-hydrogen) atoms. The van der Waals surface area contributed by atoms with Crippen LogP contribution in [0.15, 0.2) is 51.6 Å².